The zero-order chi connectivity index (χ0) is 16.9. The highest BCUT2D eigenvalue weighted by atomic mass is 16.2. The fourth-order valence-corrected chi connectivity index (χ4v) is 2.58. The Labute approximate surface area is 140 Å². The molecule has 0 bridgehead atoms. The summed E-state index contributed by atoms with van der Waals surface area (Å²) in [7, 11) is 0. The van der Waals surface area contributed by atoms with Crippen LogP contribution in [-0.2, 0) is 4.79 Å². The highest BCUT2D eigenvalue weighted by Crippen LogP contribution is 2.14. The first-order valence-corrected chi connectivity index (χ1v) is 7.84. The van der Waals surface area contributed by atoms with Gasteiger partial charge in [-0.1, -0.05) is 18.2 Å². The molecule has 2 heterocycles. The van der Waals surface area contributed by atoms with E-state index in [1.807, 2.05) is 35.2 Å². The number of nitrogens with zero attached hydrogens (tertiary/aromatic N) is 4. The van der Waals surface area contributed by atoms with Crippen LogP contribution < -0.4 is 10.2 Å². The minimum atomic E-state index is -0.290. The van der Waals surface area contributed by atoms with Gasteiger partial charge in [-0.25, -0.2) is 0 Å². The maximum absolute atomic E-state index is 12.1. The van der Waals surface area contributed by atoms with Crippen LogP contribution in [0.15, 0.2) is 42.5 Å². The number of benzene rings is 1. The van der Waals surface area contributed by atoms with Crippen molar-refractivity contribution in [2.45, 2.75) is 6.92 Å². The minimum absolute atomic E-state index is 0.0914. The molecule has 2 aromatic rings. The lowest BCUT2D eigenvalue weighted by atomic mass is 10.3. The van der Waals surface area contributed by atoms with E-state index in [9.17, 15) is 9.59 Å². The van der Waals surface area contributed by atoms with Crippen molar-refractivity contribution in [3.8, 4) is 0 Å². The summed E-state index contributed by atoms with van der Waals surface area (Å²) in [5.74, 6) is 0.518. The molecular weight excluding hydrogens is 306 g/mol. The van der Waals surface area contributed by atoms with E-state index in [-0.39, 0.29) is 17.5 Å². The van der Waals surface area contributed by atoms with Gasteiger partial charge in [-0.05, 0) is 24.3 Å². The number of rotatable bonds is 3. The van der Waals surface area contributed by atoms with E-state index in [1.165, 1.54) is 0 Å². The number of hydrogen-bond acceptors (Lipinski definition) is 5. The van der Waals surface area contributed by atoms with Crippen LogP contribution in [0, 0.1) is 0 Å². The first kappa shape index (κ1) is 15.9. The molecule has 0 atom stereocenters. The van der Waals surface area contributed by atoms with Gasteiger partial charge in [-0.3, -0.25) is 9.59 Å². The van der Waals surface area contributed by atoms with Crippen molar-refractivity contribution in [2.75, 3.05) is 36.4 Å². The normalized spacial score (nSPS) is 14.4. The zero-order valence-corrected chi connectivity index (χ0v) is 13.5. The third kappa shape index (κ3) is 3.68. The third-order valence-corrected chi connectivity index (χ3v) is 3.96. The Hall–Kier alpha value is -2.96. The van der Waals surface area contributed by atoms with Crippen molar-refractivity contribution < 1.29 is 9.59 Å². The van der Waals surface area contributed by atoms with E-state index >= 15 is 0 Å². The monoisotopic (exact) mass is 325 g/mol. The molecule has 7 nitrogen and oxygen atoms in total. The Morgan fingerprint density at radius 1 is 0.958 bits per heavy atom. The second-order valence-electron chi connectivity index (χ2n) is 5.59. The first-order valence-electron chi connectivity index (χ1n) is 7.84. The summed E-state index contributed by atoms with van der Waals surface area (Å²) in [6.07, 6.45) is 0. The van der Waals surface area contributed by atoms with Gasteiger partial charge in [-0.15, -0.1) is 10.2 Å². The van der Waals surface area contributed by atoms with Crippen LogP contribution in [-0.4, -0.2) is 53.1 Å². The fraction of sp³-hybridized carbons (Fsp3) is 0.294. The number of carbonyl (C=O) groups is 2. The second-order valence-corrected chi connectivity index (χ2v) is 5.59. The summed E-state index contributed by atoms with van der Waals surface area (Å²) in [5, 5.41) is 10.9. The van der Waals surface area contributed by atoms with Crippen molar-refractivity contribution in [3.05, 3.63) is 48.2 Å². The molecule has 124 valence electrons. The fourth-order valence-electron chi connectivity index (χ4n) is 2.58. The molecule has 3 rings (SSSR count). The maximum Gasteiger partial charge on any atom is 0.276 e. The second kappa shape index (κ2) is 7.08. The van der Waals surface area contributed by atoms with Gasteiger partial charge >= 0.3 is 0 Å². The highest BCUT2D eigenvalue weighted by Gasteiger charge is 2.20. The summed E-state index contributed by atoms with van der Waals surface area (Å²) >= 11 is 0. The number of piperazine rings is 1. The largest absolute Gasteiger partial charge is 0.352 e. The molecule has 0 spiro atoms. The molecule has 24 heavy (non-hydrogen) atoms. The zero-order valence-electron chi connectivity index (χ0n) is 13.5. The van der Waals surface area contributed by atoms with Crippen LogP contribution >= 0.6 is 0 Å². The van der Waals surface area contributed by atoms with Crippen molar-refractivity contribution in [3.63, 3.8) is 0 Å². The predicted octanol–water partition coefficient (Wildman–Crippen LogP) is 1.40. The molecule has 0 radical (unpaired) electrons. The van der Waals surface area contributed by atoms with E-state index in [4.69, 9.17) is 0 Å². The Morgan fingerprint density at radius 3 is 2.25 bits per heavy atom. The number of anilines is 2. The van der Waals surface area contributed by atoms with Gasteiger partial charge in [0.2, 0.25) is 5.91 Å². The van der Waals surface area contributed by atoms with Gasteiger partial charge < -0.3 is 15.1 Å². The van der Waals surface area contributed by atoms with Gasteiger partial charge in [0.15, 0.2) is 11.5 Å². The molecule has 1 aliphatic heterocycles. The standard InChI is InChI=1S/C17H19N5O2/c1-13(23)21-9-11-22(12-10-21)16-8-7-15(19-20-16)17(24)18-14-5-3-2-4-6-14/h2-8H,9-12H2,1H3,(H,18,24). The predicted molar refractivity (Wildman–Crippen MR) is 90.9 cm³/mol. The van der Waals surface area contributed by atoms with Gasteiger partial charge in [0.1, 0.15) is 0 Å². The number of para-hydroxylation sites is 1. The van der Waals surface area contributed by atoms with Crippen LogP contribution in [0.5, 0.6) is 0 Å². The summed E-state index contributed by atoms with van der Waals surface area (Å²) in [6, 6.07) is 12.7. The quantitative estimate of drug-likeness (QED) is 0.923. The van der Waals surface area contributed by atoms with Gasteiger partial charge in [-0.2, -0.15) is 0 Å². The molecule has 7 heteroatoms. The van der Waals surface area contributed by atoms with Crippen LogP contribution in [0.25, 0.3) is 0 Å². The lowest BCUT2D eigenvalue weighted by molar-refractivity contribution is -0.129. The Bertz CT molecular complexity index is 710. The molecule has 1 aromatic carbocycles. The van der Waals surface area contributed by atoms with Gasteiger partial charge in [0, 0.05) is 38.8 Å². The van der Waals surface area contributed by atoms with E-state index in [0.29, 0.717) is 31.9 Å². The average Bonchev–Trinajstić information content (AvgIpc) is 2.63. The lowest BCUT2D eigenvalue weighted by Gasteiger charge is -2.34. The van der Waals surface area contributed by atoms with Crippen LogP contribution in [0.4, 0.5) is 11.5 Å². The maximum atomic E-state index is 12.1. The summed E-state index contributed by atoms with van der Waals surface area (Å²) in [6.45, 7) is 4.35. The van der Waals surface area contributed by atoms with Gasteiger partial charge in [0.25, 0.3) is 5.91 Å². The minimum Gasteiger partial charge on any atom is -0.352 e. The molecule has 1 fully saturated rings. The molecule has 1 aromatic heterocycles. The Morgan fingerprint density at radius 2 is 1.67 bits per heavy atom. The lowest BCUT2D eigenvalue weighted by Crippen LogP contribution is -2.48. The third-order valence-electron chi connectivity index (χ3n) is 3.96. The number of amides is 2. The number of hydrogen-bond donors (Lipinski definition) is 1. The topological polar surface area (TPSA) is 78.4 Å². The van der Waals surface area contributed by atoms with Crippen molar-refractivity contribution in [2.24, 2.45) is 0 Å². The Kier molecular flexibility index (Phi) is 4.69. The van der Waals surface area contributed by atoms with E-state index < -0.39 is 0 Å². The smallest absolute Gasteiger partial charge is 0.276 e. The molecule has 0 saturated carbocycles. The van der Waals surface area contributed by atoms with E-state index in [1.54, 1.807) is 19.1 Å². The molecule has 2 amide bonds. The highest BCUT2D eigenvalue weighted by molar-refractivity contribution is 6.02. The summed E-state index contributed by atoms with van der Waals surface area (Å²) < 4.78 is 0. The van der Waals surface area contributed by atoms with E-state index in [2.05, 4.69) is 20.4 Å². The Balaban J connectivity index is 1.61. The molecular formula is C17H19N5O2. The SMILES string of the molecule is CC(=O)N1CCN(c2ccc(C(=O)Nc3ccccc3)nn2)CC1. The molecule has 0 unspecified atom stereocenters. The van der Waals surface area contributed by atoms with Crippen LogP contribution in [0.3, 0.4) is 0 Å². The summed E-state index contributed by atoms with van der Waals surface area (Å²) in [5.41, 5.74) is 0.985. The van der Waals surface area contributed by atoms with Gasteiger partial charge in [0.05, 0.1) is 0 Å². The number of carbonyl (C=O) groups excluding carboxylic acids is 2. The number of nitrogens with one attached hydrogen (secondary N) is 1. The molecule has 1 aliphatic rings. The number of aromatic nitrogens is 2. The molecule has 1 saturated heterocycles. The molecule has 0 aliphatic carbocycles. The van der Waals surface area contributed by atoms with Crippen molar-refractivity contribution in [1.29, 1.82) is 0 Å². The molecule has 1 N–H and O–H groups in total. The van der Waals surface area contributed by atoms with Crippen LogP contribution in [0.1, 0.15) is 17.4 Å². The van der Waals surface area contributed by atoms with E-state index in [0.717, 1.165) is 5.82 Å². The first-order chi connectivity index (χ1) is 11.6. The average molecular weight is 325 g/mol. The van der Waals surface area contributed by atoms with Crippen molar-refractivity contribution in [1.82, 2.24) is 15.1 Å². The van der Waals surface area contributed by atoms with Crippen molar-refractivity contribution >= 4 is 23.3 Å². The van der Waals surface area contributed by atoms with Crippen LogP contribution in [0.2, 0.25) is 0 Å². The summed E-state index contributed by atoms with van der Waals surface area (Å²) in [4.78, 5) is 27.4.